The average Bonchev–Trinajstić information content (AvgIpc) is 2.53. The summed E-state index contributed by atoms with van der Waals surface area (Å²) in [6, 6.07) is 7.20. The van der Waals surface area contributed by atoms with Gasteiger partial charge in [-0.15, -0.1) is 0 Å². The summed E-state index contributed by atoms with van der Waals surface area (Å²) in [5, 5.41) is 9.20. The first-order valence-electron chi connectivity index (χ1n) is 6.74. The molecule has 0 atom stereocenters. The van der Waals surface area contributed by atoms with E-state index in [4.69, 9.17) is 9.47 Å². The lowest BCUT2D eigenvalue weighted by Gasteiger charge is -2.17. The summed E-state index contributed by atoms with van der Waals surface area (Å²) in [4.78, 5) is 13.8. The summed E-state index contributed by atoms with van der Waals surface area (Å²) in [6.45, 7) is 4.90. The van der Waals surface area contributed by atoms with Crippen molar-refractivity contribution >= 4 is 12.0 Å². The summed E-state index contributed by atoms with van der Waals surface area (Å²) in [7, 11) is 3.09. The third-order valence-electron chi connectivity index (χ3n) is 3.12. The van der Waals surface area contributed by atoms with Gasteiger partial charge in [-0.3, -0.25) is 4.79 Å². The number of nitrogens with zero attached hydrogens (tertiary/aromatic N) is 2. The largest absolute Gasteiger partial charge is 0.493 e. The molecule has 0 saturated heterocycles. The molecular formula is C16H20N2O3. The van der Waals surface area contributed by atoms with Crippen molar-refractivity contribution in [2.75, 3.05) is 27.3 Å². The van der Waals surface area contributed by atoms with Crippen molar-refractivity contribution in [1.29, 1.82) is 5.26 Å². The Morgan fingerprint density at radius 3 is 2.33 bits per heavy atom. The van der Waals surface area contributed by atoms with Gasteiger partial charge in [0, 0.05) is 13.1 Å². The Hall–Kier alpha value is -2.48. The van der Waals surface area contributed by atoms with E-state index in [1.807, 2.05) is 19.9 Å². The molecule has 0 radical (unpaired) electrons. The van der Waals surface area contributed by atoms with Crippen LogP contribution < -0.4 is 9.47 Å². The molecule has 1 amide bonds. The second kappa shape index (κ2) is 7.95. The number of amides is 1. The van der Waals surface area contributed by atoms with Crippen LogP contribution in [0, 0.1) is 11.3 Å². The molecule has 1 aromatic carbocycles. The van der Waals surface area contributed by atoms with Crippen LogP contribution >= 0.6 is 0 Å². The van der Waals surface area contributed by atoms with Gasteiger partial charge in [-0.25, -0.2) is 0 Å². The predicted octanol–water partition coefficient (Wildman–Crippen LogP) is 2.48. The number of nitriles is 1. The third kappa shape index (κ3) is 3.99. The van der Waals surface area contributed by atoms with Gasteiger partial charge in [0.15, 0.2) is 11.5 Å². The average molecular weight is 288 g/mol. The molecule has 5 nitrogen and oxygen atoms in total. The summed E-state index contributed by atoms with van der Waals surface area (Å²) in [6.07, 6.45) is 1.56. The first-order valence-corrected chi connectivity index (χ1v) is 6.74. The molecule has 0 aliphatic rings. The van der Waals surface area contributed by atoms with E-state index in [9.17, 15) is 10.1 Å². The summed E-state index contributed by atoms with van der Waals surface area (Å²) >= 11 is 0. The molecule has 5 heteroatoms. The second-order valence-corrected chi connectivity index (χ2v) is 4.26. The van der Waals surface area contributed by atoms with E-state index in [-0.39, 0.29) is 11.5 Å². The number of hydrogen-bond donors (Lipinski definition) is 0. The highest BCUT2D eigenvalue weighted by molar-refractivity contribution is 6.01. The van der Waals surface area contributed by atoms with Crippen LogP contribution in [0.2, 0.25) is 0 Å². The van der Waals surface area contributed by atoms with Gasteiger partial charge in [-0.1, -0.05) is 6.07 Å². The Kier molecular flexibility index (Phi) is 6.28. The Labute approximate surface area is 125 Å². The fourth-order valence-corrected chi connectivity index (χ4v) is 1.93. The highest BCUT2D eigenvalue weighted by atomic mass is 16.5. The number of carbonyl (C=O) groups is 1. The van der Waals surface area contributed by atoms with E-state index in [0.29, 0.717) is 30.2 Å². The molecule has 0 N–H and O–H groups in total. The van der Waals surface area contributed by atoms with Crippen molar-refractivity contribution in [3.05, 3.63) is 29.3 Å². The highest BCUT2D eigenvalue weighted by Gasteiger charge is 2.15. The van der Waals surface area contributed by atoms with Crippen molar-refractivity contribution in [3.8, 4) is 17.6 Å². The Balaban J connectivity index is 3.14. The molecule has 0 spiro atoms. The zero-order valence-electron chi connectivity index (χ0n) is 12.8. The maximum atomic E-state index is 12.2. The fraction of sp³-hybridized carbons (Fsp3) is 0.375. The quantitative estimate of drug-likeness (QED) is 0.596. The molecule has 0 saturated carbocycles. The first kappa shape index (κ1) is 16.6. The minimum atomic E-state index is -0.266. The minimum absolute atomic E-state index is 0.103. The molecule has 112 valence electrons. The molecular weight excluding hydrogens is 268 g/mol. The van der Waals surface area contributed by atoms with Crippen molar-refractivity contribution < 1.29 is 14.3 Å². The molecule has 1 rings (SSSR count). The smallest absolute Gasteiger partial charge is 0.264 e. The number of hydrogen-bond acceptors (Lipinski definition) is 4. The van der Waals surface area contributed by atoms with Crippen LogP contribution in [0.5, 0.6) is 11.5 Å². The number of rotatable bonds is 6. The Bertz CT molecular complexity index is 569. The van der Waals surface area contributed by atoms with E-state index in [0.717, 1.165) is 0 Å². The van der Waals surface area contributed by atoms with Crippen LogP contribution in [-0.4, -0.2) is 38.1 Å². The van der Waals surface area contributed by atoms with Crippen molar-refractivity contribution in [1.82, 2.24) is 4.90 Å². The van der Waals surface area contributed by atoms with Crippen molar-refractivity contribution in [2.45, 2.75) is 13.8 Å². The fourth-order valence-electron chi connectivity index (χ4n) is 1.93. The van der Waals surface area contributed by atoms with Gasteiger partial charge in [0.1, 0.15) is 11.6 Å². The highest BCUT2D eigenvalue weighted by Crippen LogP contribution is 2.28. The van der Waals surface area contributed by atoms with Crippen LogP contribution in [0.3, 0.4) is 0 Å². The predicted molar refractivity (Wildman–Crippen MR) is 81.1 cm³/mol. The molecule has 0 aromatic heterocycles. The van der Waals surface area contributed by atoms with Crippen molar-refractivity contribution in [3.63, 3.8) is 0 Å². The van der Waals surface area contributed by atoms with Crippen molar-refractivity contribution in [2.24, 2.45) is 0 Å². The second-order valence-electron chi connectivity index (χ2n) is 4.26. The zero-order valence-corrected chi connectivity index (χ0v) is 12.8. The molecule has 0 aliphatic carbocycles. The van der Waals surface area contributed by atoms with Crippen LogP contribution in [-0.2, 0) is 4.79 Å². The summed E-state index contributed by atoms with van der Waals surface area (Å²) in [5.41, 5.74) is 0.815. The molecule has 1 aromatic rings. The van der Waals surface area contributed by atoms with E-state index in [1.165, 1.54) is 7.11 Å². The number of methoxy groups -OCH3 is 2. The number of carbonyl (C=O) groups excluding carboxylic acids is 1. The molecule has 0 unspecified atom stereocenters. The molecule has 0 fully saturated rings. The zero-order chi connectivity index (χ0) is 15.8. The number of ether oxygens (including phenoxy) is 2. The third-order valence-corrected chi connectivity index (χ3v) is 3.12. The lowest BCUT2D eigenvalue weighted by Crippen LogP contribution is -2.31. The lowest BCUT2D eigenvalue weighted by atomic mass is 10.1. The summed E-state index contributed by atoms with van der Waals surface area (Å²) < 4.78 is 10.4. The van der Waals surface area contributed by atoms with Gasteiger partial charge in [0.2, 0.25) is 0 Å². The minimum Gasteiger partial charge on any atom is -0.493 e. The summed E-state index contributed by atoms with van der Waals surface area (Å²) in [5.74, 6) is 0.888. The Morgan fingerprint density at radius 2 is 1.86 bits per heavy atom. The van der Waals surface area contributed by atoms with E-state index in [2.05, 4.69) is 0 Å². The van der Waals surface area contributed by atoms with Gasteiger partial charge in [-0.2, -0.15) is 5.26 Å². The SMILES string of the molecule is CCN(CC)C(=O)C(C#N)=Cc1ccc(OC)c(OC)c1. The maximum Gasteiger partial charge on any atom is 0.264 e. The normalized spacial score (nSPS) is 10.7. The molecule has 21 heavy (non-hydrogen) atoms. The van der Waals surface area contributed by atoms with Crippen LogP contribution in [0.15, 0.2) is 23.8 Å². The molecule has 0 heterocycles. The lowest BCUT2D eigenvalue weighted by molar-refractivity contribution is -0.126. The number of likely N-dealkylation sites (N-methyl/N-ethyl adjacent to an activating group) is 1. The number of benzene rings is 1. The standard InChI is InChI=1S/C16H20N2O3/c1-5-18(6-2)16(19)13(11-17)9-12-7-8-14(20-3)15(10-12)21-4/h7-10H,5-6H2,1-4H3. The van der Waals surface area contributed by atoms with E-state index < -0.39 is 0 Å². The van der Waals surface area contributed by atoms with Crippen LogP contribution in [0.1, 0.15) is 19.4 Å². The van der Waals surface area contributed by atoms with Crippen LogP contribution in [0.4, 0.5) is 0 Å². The molecule has 0 aliphatic heterocycles. The molecule has 0 bridgehead atoms. The maximum absolute atomic E-state index is 12.2. The van der Waals surface area contributed by atoms with Gasteiger partial charge >= 0.3 is 0 Å². The first-order chi connectivity index (χ1) is 10.1. The topological polar surface area (TPSA) is 62.6 Å². The van der Waals surface area contributed by atoms with E-state index >= 15 is 0 Å². The van der Waals surface area contributed by atoms with Gasteiger partial charge in [0.05, 0.1) is 14.2 Å². The van der Waals surface area contributed by atoms with E-state index in [1.54, 1.807) is 36.3 Å². The van der Waals surface area contributed by atoms with Gasteiger partial charge in [-0.05, 0) is 37.6 Å². The van der Waals surface area contributed by atoms with Gasteiger partial charge < -0.3 is 14.4 Å². The monoisotopic (exact) mass is 288 g/mol. The van der Waals surface area contributed by atoms with Crippen LogP contribution in [0.25, 0.3) is 6.08 Å². The van der Waals surface area contributed by atoms with Gasteiger partial charge in [0.25, 0.3) is 5.91 Å². The Morgan fingerprint density at radius 1 is 1.24 bits per heavy atom.